The Morgan fingerprint density at radius 2 is 2.00 bits per heavy atom. The van der Waals surface area contributed by atoms with Gasteiger partial charge in [0.05, 0.1) is 0 Å². The Hall–Kier alpha value is 1.33. The van der Waals surface area contributed by atoms with Crippen molar-refractivity contribution in [1.29, 1.82) is 0 Å². The van der Waals surface area contributed by atoms with E-state index in [9.17, 15) is 0 Å². The van der Waals surface area contributed by atoms with Gasteiger partial charge in [0.2, 0.25) is 0 Å². The second-order valence-electron chi connectivity index (χ2n) is 1.39. The summed E-state index contributed by atoms with van der Waals surface area (Å²) in [7, 11) is 11.3. The van der Waals surface area contributed by atoms with Crippen LogP contribution >= 0.6 is 17.0 Å². The molecule has 3 heteroatoms. The van der Waals surface area contributed by atoms with Crippen molar-refractivity contribution in [2.24, 2.45) is 0 Å². The molecule has 0 aromatic rings. The molecule has 0 fully saturated rings. The van der Waals surface area contributed by atoms with Crippen molar-refractivity contribution in [3.63, 3.8) is 0 Å². The van der Waals surface area contributed by atoms with Crippen molar-refractivity contribution < 1.29 is 18.9 Å². The molecule has 0 aliphatic heterocycles. The van der Waals surface area contributed by atoms with Crippen molar-refractivity contribution in [1.82, 2.24) is 0 Å². The molecular weight excluding hydrogens is 210 g/mol. The third kappa shape index (κ3) is 3.88. The molecule has 0 spiro atoms. The fourth-order valence-electron chi connectivity index (χ4n) is 0.134. The molecule has 0 aliphatic rings. The average molecular weight is 218 g/mol. The van der Waals surface area contributed by atoms with E-state index in [4.69, 9.17) is 17.0 Å². The topological polar surface area (TPSA) is 0 Å². The van der Waals surface area contributed by atoms with Crippen molar-refractivity contribution >= 4 is 20.2 Å². The Morgan fingerprint density at radius 3 is 2.00 bits per heavy atom. The molecule has 0 amide bonds. The van der Waals surface area contributed by atoms with Gasteiger partial charge < -0.3 is 0 Å². The Balaban J connectivity index is 3.72. The summed E-state index contributed by atoms with van der Waals surface area (Å²) in [5.41, 5.74) is 0. The molecule has 0 aromatic heterocycles. The predicted molar refractivity (Wildman–Crippen MR) is 32.7 cm³/mol. The number of hydrogen-bond donors (Lipinski definition) is 0. The summed E-state index contributed by atoms with van der Waals surface area (Å²) >= 11 is -1.87. The van der Waals surface area contributed by atoms with Crippen molar-refractivity contribution in [3.8, 4) is 0 Å². The Labute approximate surface area is 59.1 Å². The van der Waals surface area contributed by atoms with Gasteiger partial charge >= 0.3 is 59.4 Å². The van der Waals surface area contributed by atoms with Gasteiger partial charge in [-0.05, 0) is 0 Å². The molecule has 0 N–H and O–H groups in total. The Bertz CT molecular complexity index is 83.7. The van der Waals surface area contributed by atoms with Crippen LogP contribution in [0.4, 0.5) is 0 Å². The molecule has 0 atom stereocenters. The van der Waals surface area contributed by atoms with Gasteiger partial charge in [0, 0.05) is 0 Å². The van der Waals surface area contributed by atoms with Gasteiger partial charge in [0.15, 0.2) is 0 Å². The first-order valence-electron chi connectivity index (χ1n) is 2.19. The second kappa shape index (κ2) is 4.24. The van der Waals surface area contributed by atoms with E-state index in [2.05, 4.69) is 6.92 Å². The van der Waals surface area contributed by atoms with Gasteiger partial charge in [-0.2, -0.15) is 0 Å². The van der Waals surface area contributed by atoms with Gasteiger partial charge in [-0.15, -0.1) is 0 Å². The van der Waals surface area contributed by atoms with E-state index >= 15 is 0 Å². The maximum atomic E-state index is 5.65. The molecule has 0 heterocycles. The average Bonchev–Trinajstić information content (AvgIpc) is 1.65. The number of halogens is 2. The van der Waals surface area contributed by atoms with Crippen molar-refractivity contribution in [2.75, 3.05) is 0 Å². The fourth-order valence-corrected chi connectivity index (χ4v) is 2.37. The molecule has 0 rings (SSSR count). The van der Waals surface area contributed by atoms with Crippen molar-refractivity contribution in [3.05, 3.63) is 0 Å². The molecule has 0 aromatic carbocycles. The molecule has 42 valence electrons. The number of rotatable bonds is 1. The summed E-state index contributed by atoms with van der Waals surface area (Å²) in [6, 6.07) is 0. The second-order valence-corrected chi connectivity index (χ2v) is 10.4. The molecule has 7 heavy (non-hydrogen) atoms. The van der Waals surface area contributed by atoms with E-state index in [0.29, 0.717) is 0 Å². The summed E-state index contributed by atoms with van der Waals surface area (Å²) in [5.74, 6) is 0. The molecule has 0 bridgehead atoms. The van der Waals surface area contributed by atoms with Gasteiger partial charge in [0.25, 0.3) is 0 Å². The quantitative estimate of drug-likeness (QED) is 0.634. The van der Waals surface area contributed by atoms with Crippen LogP contribution in [0.15, 0.2) is 0 Å². The molecule has 0 radical (unpaired) electrons. The molecule has 0 aliphatic carbocycles. The van der Waals surface area contributed by atoms with Crippen LogP contribution in [0, 0.1) is 0 Å². The zero-order valence-electron chi connectivity index (χ0n) is 4.46. The first-order chi connectivity index (χ1) is 3.18. The molecule has 0 nitrogen and oxygen atoms in total. The maximum absolute atomic E-state index is 5.65. The van der Waals surface area contributed by atoms with Gasteiger partial charge in [-0.25, -0.2) is 0 Å². The van der Waals surface area contributed by atoms with Crippen LogP contribution in [0.5, 0.6) is 0 Å². The van der Waals surface area contributed by atoms with E-state index in [1.165, 1.54) is 3.21 Å². The predicted octanol–water partition coefficient (Wildman–Crippen LogP) is 2.51. The summed E-state index contributed by atoms with van der Waals surface area (Å²) in [6.07, 6.45) is 1.06. The number of hydrogen-bond acceptors (Lipinski definition) is 0. The molecular formula is C4H8Cl2Zr. The van der Waals surface area contributed by atoms with Gasteiger partial charge in [-0.1, -0.05) is 0 Å². The SMILES string of the molecule is CC[C](C)=[Zr]([Cl])[Cl]. The minimum atomic E-state index is -1.87. The first kappa shape index (κ1) is 8.33. The zero-order valence-corrected chi connectivity index (χ0v) is 8.43. The third-order valence-corrected chi connectivity index (χ3v) is 7.13. The van der Waals surface area contributed by atoms with E-state index in [1.807, 2.05) is 6.92 Å². The van der Waals surface area contributed by atoms with Crippen molar-refractivity contribution in [2.45, 2.75) is 20.3 Å². The van der Waals surface area contributed by atoms with Crippen LogP contribution in [-0.4, -0.2) is 3.21 Å². The zero-order chi connectivity index (χ0) is 5.86. The monoisotopic (exact) mass is 216 g/mol. The standard InChI is InChI=1S/C4H8.2ClH.Zr/c1-3-4-2;;;/h3H2,1-2H3;2*1H;/q;;;+2/p-2. The summed E-state index contributed by atoms with van der Waals surface area (Å²) in [5, 5.41) is 0. The Kier molecular flexibility index (Phi) is 5.04. The van der Waals surface area contributed by atoms with E-state index in [0.717, 1.165) is 6.42 Å². The van der Waals surface area contributed by atoms with E-state index in [1.54, 1.807) is 0 Å². The minimum absolute atomic E-state index is 1.06. The molecule has 0 saturated heterocycles. The van der Waals surface area contributed by atoms with E-state index < -0.39 is 18.9 Å². The van der Waals surface area contributed by atoms with Crippen LogP contribution in [0.25, 0.3) is 0 Å². The first-order valence-corrected chi connectivity index (χ1v) is 9.75. The van der Waals surface area contributed by atoms with Crippen LogP contribution in [0.3, 0.4) is 0 Å². The van der Waals surface area contributed by atoms with Gasteiger partial charge in [0.1, 0.15) is 0 Å². The fraction of sp³-hybridized carbons (Fsp3) is 0.750. The Morgan fingerprint density at radius 1 is 1.57 bits per heavy atom. The summed E-state index contributed by atoms with van der Waals surface area (Å²) < 4.78 is 1.32. The summed E-state index contributed by atoms with van der Waals surface area (Å²) in [4.78, 5) is 0. The van der Waals surface area contributed by atoms with Gasteiger partial charge in [-0.3, -0.25) is 0 Å². The molecule has 0 unspecified atom stereocenters. The van der Waals surface area contributed by atoms with Crippen LogP contribution in [-0.2, 0) is 18.9 Å². The van der Waals surface area contributed by atoms with E-state index in [-0.39, 0.29) is 0 Å². The van der Waals surface area contributed by atoms with Crippen LogP contribution < -0.4 is 0 Å². The van der Waals surface area contributed by atoms with Crippen LogP contribution in [0.2, 0.25) is 0 Å². The van der Waals surface area contributed by atoms with Crippen LogP contribution in [0.1, 0.15) is 20.3 Å². The summed E-state index contributed by atoms with van der Waals surface area (Å²) in [6.45, 7) is 4.12. The molecule has 0 saturated carbocycles. The normalized spacial score (nSPS) is 8.57. The third-order valence-electron chi connectivity index (χ3n) is 0.853.